The van der Waals surface area contributed by atoms with E-state index in [9.17, 15) is 9.59 Å². The third kappa shape index (κ3) is 3.67. The largest absolute Gasteiger partial charge is 0.365 e. The molecule has 5 nitrogen and oxygen atoms in total. The van der Waals surface area contributed by atoms with E-state index in [0.29, 0.717) is 11.1 Å². The molecule has 0 bridgehead atoms. The standard InChI is InChI=1S/C22H23N3O2/c1-14-7-8-19(10-15(14)2)25-16(3)11-20(17(25)4)21(26)13-24-9-5-6-18(12-24)22(23)27/h5-12H,13H2,1-4H3,(H-,23,27)/p+1. The fraction of sp³-hybridized carbons (Fsp3) is 0.227. The van der Waals surface area contributed by atoms with Crippen LogP contribution < -0.4 is 10.3 Å². The van der Waals surface area contributed by atoms with Crippen LogP contribution >= 0.6 is 0 Å². The highest BCUT2D eigenvalue weighted by molar-refractivity contribution is 5.97. The third-order valence-electron chi connectivity index (χ3n) is 4.95. The molecule has 0 atom stereocenters. The number of ketones is 1. The van der Waals surface area contributed by atoms with E-state index in [1.807, 2.05) is 19.9 Å². The highest BCUT2D eigenvalue weighted by Crippen LogP contribution is 2.23. The molecule has 1 amide bonds. The van der Waals surface area contributed by atoms with Crippen LogP contribution in [0.25, 0.3) is 5.69 Å². The van der Waals surface area contributed by atoms with E-state index in [4.69, 9.17) is 5.73 Å². The molecule has 0 unspecified atom stereocenters. The molecule has 2 heterocycles. The van der Waals surface area contributed by atoms with Crippen molar-refractivity contribution >= 4 is 11.7 Å². The molecule has 2 N–H and O–H groups in total. The maximum Gasteiger partial charge on any atom is 0.254 e. The normalized spacial score (nSPS) is 10.8. The number of nitrogens with two attached hydrogens (primary N) is 1. The van der Waals surface area contributed by atoms with E-state index in [2.05, 4.69) is 36.6 Å². The van der Waals surface area contributed by atoms with E-state index in [-0.39, 0.29) is 12.3 Å². The Kier molecular flexibility index (Phi) is 4.95. The molecule has 0 saturated heterocycles. The van der Waals surface area contributed by atoms with Crippen LogP contribution in [0.1, 0.15) is 43.2 Å². The maximum atomic E-state index is 12.9. The Labute approximate surface area is 159 Å². The zero-order chi connectivity index (χ0) is 19.7. The lowest BCUT2D eigenvalue weighted by Gasteiger charge is -2.12. The predicted molar refractivity (Wildman–Crippen MR) is 104 cm³/mol. The fourth-order valence-electron chi connectivity index (χ4n) is 3.32. The summed E-state index contributed by atoms with van der Waals surface area (Å²) < 4.78 is 3.79. The maximum absolute atomic E-state index is 12.9. The molecule has 0 aliphatic heterocycles. The molecule has 5 heteroatoms. The summed E-state index contributed by atoms with van der Waals surface area (Å²) in [5.41, 5.74) is 11.8. The first-order chi connectivity index (χ1) is 12.8. The van der Waals surface area contributed by atoms with Crippen molar-refractivity contribution < 1.29 is 14.2 Å². The first-order valence-corrected chi connectivity index (χ1v) is 8.86. The van der Waals surface area contributed by atoms with Gasteiger partial charge in [-0.05, 0) is 63.1 Å². The van der Waals surface area contributed by atoms with Gasteiger partial charge in [-0.1, -0.05) is 6.07 Å². The number of aromatic nitrogens is 2. The SMILES string of the molecule is Cc1ccc(-n2c(C)cc(C(=O)C[n+]3cccc(C(N)=O)c3)c2C)cc1C. The summed E-state index contributed by atoms with van der Waals surface area (Å²) in [5, 5.41) is 0. The summed E-state index contributed by atoms with van der Waals surface area (Å²) in [5.74, 6) is -0.519. The van der Waals surface area contributed by atoms with Crippen molar-refractivity contribution in [2.75, 3.05) is 0 Å². The lowest BCUT2D eigenvalue weighted by molar-refractivity contribution is -0.683. The van der Waals surface area contributed by atoms with Crippen LogP contribution in [0, 0.1) is 27.7 Å². The van der Waals surface area contributed by atoms with E-state index in [0.717, 1.165) is 17.1 Å². The Morgan fingerprint density at radius 1 is 1.04 bits per heavy atom. The molecule has 0 fully saturated rings. The van der Waals surface area contributed by atoms with Gasteiger partial charge in [0.25, 0.3) is 5.91 Å². The number of aryl methyl sites for hydroxylation is 3. The van der Waals surface area contributed by atoms with Gasteiger partial charge in [0.05, 0.1) is 0 Å². The third-order valence-corrected chi connectivity index (χ3v) is 4.95. The van der Waals surface area contributed by atoms with Gasteiger partial charge in [-0.25, -0.2) is 0 Å². The van der Waals surface area contributed by atoms with Crippen molar-refractivity contribution in [2.45, 2.75) is 34.2 Å². The van der Waals surface area contributed by atoms with Gasteiger partial charge >= 0.3 is 0 Å². The van der Waals surface area contributed by atoms with Crippen LogP contribution in [0.4, 0.5) is 0 Å². The minimum absolute atomic E-state index is 0.00944. The highest BCUT2D eigenvalue weighted by Gasteiger charge is 2.20. The zero-order valence-corrected chi connectivity index (χ0v) is 16.1. The van der Waals surface area contributed by atoms with Crippen LogP contribution in [-0.2, 0) is 6.54 Å². The van der Waals surface area contributed by atoms with Crippen LogP contribution in [0.3, 0.4) is 0 Å². The second-order valence-electron chi connectivity index (χ2n) is 6.94. The van der Waals surface area contributed by atoms with Crippen molar-refractivity contribution in [1.82, 2.24) is 4.57 Å². The summed E-state index contributed by atoms with van der Waals surface area (Å²) in [6, 6.07) is 11.6. The molecule has 0 saturated carbocycles. The molecule has 27 heavy (non-hydrogen) atoms. The number of benzene rings is 1. The average molecular weight is 362 g/mol. The van der Waals surface area contributed by atoms with E-state index in [1.165, 1.54) is 11.1 Å². The van der Waals surface area contributed by atoms with Crippen molar-refractivity contribution in [1.29, 1.82) is 0 Å². The Hall–Kier alpha value is -3.21. The van der Waals surface area contributed by atoms with Crippen LogP contribution in [0.2, 0.25) is 0 Å². The number of Topliss-reactive ketones (excluding diaryl/α,β-unsaturated/α-hetero) is 1. The highest BCUT2D eigenvalue weighted by atomic mass is 16.1. The summed E-state index contributed by atoms with van der Waals surface area (Å²) in [6.45, 7) is 8.28. The van der Waals surface area contributed by atoms with Crippen molar-refractivity contribution in [2.24, 2.45) is 5.73 Å². The molecule has 3 rings (SSSR count). The molecule has 2 aromatic heterocycles. The quantitative estimate of drug-likeness (QED) is 0.560. The van der Waals surface area contributed by atoms with E-state index < -0.39 is 5.91 Å². The smallest absolute Gasteiger partial charge is 0.254 e. The molecule has 0 aliphatic rings. The number of carbonyl (C=O) groups excluding carboxylic acids is 2. The number of amides is 1. The van der Waals surface area contributed by atoms with Gasteiger partial charge in [-0.3, -0.25) is 9.59 Å². The number of pyridine rings is 1. The predicted octanol–water partition coefficient (Wildman–Crippen LogP) is 2.98. The molecule has 138 valence electrons. The lowest BCUT2D eigenvalue weighted by atomic mass is 10.1. The molecule has 3 aromatic rings. The fourth-order valence-corrected chi connectivity index (χ4v) is 3.32. The van der Waals surface area contributed by atoms with E-state index in [1.54, 1.807) is 29.1 Å². The van der Waals surface area contributed by atoms with Crippen molar-refractivity contribution in [3.8, 4) is 5.69 Å². The second-order valence-corrected chi connectivity index (χ2v) is 6.94. The number of nitrogens with zero attached hydrogens (tertiary/aromatic N) is 2. The topological polar surface area (TPSA) is 69.0 Å². The Morgan fingerprint density at radius 2 is 1.78 bits per heavy atom. The molecule has 0 radical (unpaired) electrons. The van der Waals surface area contributed by atoms with Gasteiger partial charge in [0.2, 0.25) is 12.3 Å². The van der Waals surface area contributed by atoms with Gasteiger partial charge in [-0.15, -0.1) is 0 Å². The van der Waals surface area contributed by atoms with Gasteiger partial charge in [0.15, 0.2) is 12.4 Å². The lowest BCUT2D eigenvalue weighted by Crippen LogP contribution is -2.38. The zero-order valence-electron chi connectivity index (χ0n) is 16.1. The Bertz CT molecular complexity index is 1050. The average Bonchev–Trinajstić information content (AvgIpc) is 2.92. The minimum Gasteiger partial charge on any atom is -0.365 e. The monoisotopic (exact) mass is 362 g/mol. The van der Waals surface area contributed by atoms with E-state index >= 15 is 0 Å². The Morgan fingerprint density at radius 3 is 2.44 bits per heavy atom. The molecule has 1 aromatic carbocycles. The first kappa shape index (κ1) is 18.6. The number of carbonyl (C=O) groups is 2. The summed E-state index contributed by atoms with van der Waals surface area (Å²) in [4.78, 5) is 24.2. The Balaban J connectivity index is 1.94. The number of hydrogen-bond donors (Lipinski definition) is 1. The number of rotatable bonds is 5. The summed E-state index contributed by atoms with van der Waals surface area (Å²) in [6.07, 6.45) is 3.36. The first-order valence-electron chi connectivity index (χ1n) is 8.86. The van der Waals surface area contributed by atoms with Gasteiger partial charge in [-0.2, -0.15) is 4.57 Å². The van der Waals surface area contributed by atoms with Crippen LogP contribution in [0.5, 0.6) is 0 Å². The summed E-state index contributed by atoms with van der Waals surface area (Å²) >= 11 is 0. The van der Waals surface area contributed by atoms with Gasteiger partial charge in [0.1, 0.15) is 5.56 Å². The van der Waals surface area contributed by atoms with Crippen LogP contribution in [0.15, 0.2) is 48.8 Å². The molecule has 0 spiro atoms. The molecular formula is C22H24N3O2+. The molecule has 0 aliphatic carbocycles. The van der Waals surface area contributed by atoms with Crippen LogP contribution in [-0.4, -0.2) is 16.3 Å². The second kappa shape index (κ2) is 7.19. The van der Waals surface area contributed by atoms with Gasteiger partial charge in [0, 0.05) is 28.7 Å². The van der Waals surface area contributed by atoms with Crippen molar-refractivity contribution in [3.05, 3.63) is 82.4 Å². The summed E-state index contributed by atoms with van der Waals surface area (Å²) in [7, 11) is 0. The number of primary amides is 1. The van der Waals surface area contributed by atoms with Crippen molar-refractivity contribution in [3.63, 3.8) is 0 Å². The number of hydrogen-bond acceptors (Lipinski definition) is 2. The molecular weight excluding hydrogens is 338 g/mol. The minimum atomic E-state index is -0.510. The van der Waals surface area contributed by atoms with Gasteiger partial charge < -0.3 is 10.3 Å².